The van der Waals surface area contributed by atoms with Gasteiger partial charge in [0.05, 0.1) is 17.7 Å². The van der Waals surface area contributed by atoms with Crippen LogP contribution in [0.25, 0.3) is 0 Å². The second kappa shape index (κ2) is 5.69. The van der Waals surface area contributed by atoms with Gasteiger partial charge in [-0.05, 0) is 37.2 Å². The molecular formula is C15H22N2O3. The first-order chi connectivity index (χ1) is 9.41. The van der Waals surface area contributed by atoms with Crippen molar-refractivity contribution in [1.29, 1.82) is 0 Å². The van der Waals surface area contributed by atoms with Gasteiger partial charge in [0.25, 0.3) is 5.69 Å². The van der Waals surface area contributed by atoms with E-state index in [2.05, 4.69) is 19.2 Å². The molecule has 1 N–H and O–H groups in total. The fourth-order valence-electron chi connectivity index (χ4n) is 2.69. The summed E-state index contributed by atoms with van der Waals surface area (Å²) in [5.74, 6) is 0.653. The largest absolute Gasteiger partial charge is 0.495 e. The van der Waals surface area contributed by atoms with E-state index in [4.69, 9.17) is 4.74 Å². The number of methoxy groups -OCH3 is 1. The summed E-state index contributed by atoms with van der Waals surface area (Å²) in [7, 11) is 1.58. The van der Waals surface area contributed by atoms with Crippen LogP contribution in [-0.2, 0) is 0 Å². The molecule has 1 aliphatic rings. The van der Waals surface area contributed by atoms with Crippen molar-refractivity contribution in [2.75, 3.05) is 12.4 Å². The highest BCUT2D eigenvalue weighted by Crippen LogP contribution is 2.37. The van der Waals surface area contributed by atoms with E-state index < -0.39 is 0 Å². The number of nitrogens with zero attached hydrogens (tertiary/aromatic N) is 1. The second-order valence-corrected chi connectivity index (χ2v) is 6.22. The molecule has 1 aromatic carbocycles. The third kappa shape index (κ3) is 3.40. The maximum atomic E-state index is 10.9. The summed E-state index contributed by atoms with van der Waals surface area (Å²) in [4.78, 5) is 10.5. The van der Waals surface area contributed by atoms with Crippen molar-refractivity contribution in [2.24, 2.45) is 5.41 Å². The molecule has 0 radical (unpaired) electrons. The van der Waals surface area contributed by atoms with Crippen molar-refractivity contribution < 1.29 is 9.66 Å². The summed E-state index contributed by atoms with van der Waals surface area (Å²) < 4.78 is 5.28. The SMILES string of the molecule is COc1ccc([N+](=O)[O-])cc1NC1CCC(C)(C)CC1. The van der Waals surface area contributed by atoms with Gasteiger partial charge in [-0.2, -0.15) is 0 Å². The quantitative estimate of drug-likeness (QED) is 0.668. The number of ether oxygens (including phenoxy) is 1. The van der Waals surface area contributed by atoms with Gasteiger partial charge in [-0.3, -0.25) is 10.1 Å². The van der Waals surface area contributed by atoms with E-state index >= 15 is 0 Å². The van der Waals surface area contributed by atoms with Crippen LogP contribution in [0.15, 0.2) is 18.2 Å². The van der Waals surface area contributed by atoms with Gasteiger partial charge in [-0.25, -0.2) is 0 Å². The first-order valence-corrected chi connectivity index (χ1v) is 7.00. The van der Waals surface area contributed by atoms with Crippen LogP contribution >= 0.6 is 0 Å². The van der Waals surface area contributed by atoms with Crippen LogP contribution in [0.3, 0.4) is 0 Å². The lowest BCUT2D eigenvalue weighted by atomic mass is 9.75. The van der Waals surface area contributed by atoms with Gasteiger partial charge in [0.15, 0.2) is 0 Å². The Morgan fingerprint density at radius 3 is 2.55 bits per heavy atom. The molecular weight excluding hydrogens is 256 g/mol. The zero-order chi connectivity index (χ0) is 14.8. The molecule has 0 aliphatic heterocycles. The molecule has 0 heterocycles. The van der Waals surface area contributed by atoms with Gasteiger partial charge in [0.2, 0.25) is 0 Å². The molecule has 20 heavy (non-hydrogen) atoms. The third-order valence-electron chi connectivity index (χ3n) is 4.09. The predicted molar refractivity (Wildman–Crippen MR) is 79.3 cm³/mol. The van der Waals surface area contributed by atoms with Crippen molar-refractivity contribution in [3.63, 3.8) is 0 Å². The summed E-state index contributed by atoms with van der Waals surface area (Å²) in [6.07, 6.45) is 4.50. The van der Waals surface area contributed by atoms with Gasteiger partial charge in [-0.1, -0.05) is 13.8 Å². The minimum absolute atomic E-state index is 0.0874. The number of rotatable bonds is 4. The third-order valence-corrected chi connectivity index (χ3v) is 4.09. The van der Waals surface area contributed by atoms with E-state index in [1.165, 1.54) is 18.9 Å². The molecule has 1 aliphatic carbocycles. The first-order valence-electron chi connectivity index (χ1n) is 7.00. The molecule has 0 unspecified atom stereocenters. The van der Waals surface area contributed by atoms with Crippen LogP contribution in [0.1, 0.15) is 39.5 Å². The van der Waals surface area contributed by atoms with Gasteiger partial charge < -0.3 is 10.1 Å². The Kier molecular flexibility index (Phi) is 4.16. The number of nitrogens with one attached hydrogen (secondary N) is 1. The molecule has 0 bridgehead atoms. The van der Waals surface area contributed by atoms with Crippen molar-refractivity contribution in [2.45, 2.75) is 45.6 Å². The van der Waals surface area contributed by atoms with Crippen LogP contribution in [0.5, 0.6) is 5.75 Å². The Balaban J connectivity index is 2.12. The highest BCUT2D eigenvalue weighted by molar-refractivity contribution is 5.62. The molecule has 0 atom stereocenters. The lowest BCUT2D eigenvalue weighted by Gasteiger charge is -2.35. The highest BCUT2D eigenvalue weighted by Gasteiger charge is 2.27. The number of hydrogen-bond acceptors (Lipinski definition) is 4. The number of benzene rings is 1. The smallest absolute Gasteiger partial charge is 0.271 e. The van der Waals surface area contributed by atoms with Gasteiger partial charge in [-0.15, -0.1) is 0 Å². The van der Waals surface area contributed by atoms with Crippen LogP contribution in [0.2, 0.25) is 0 Å². The molecule has 1 fully saturated rings. The molecule has 110 valence electrons. The number of anilines is 1. The van der Waals surface area contributed by atoms with E-state index in [9.17, 15) is 10.1 Å². The lowest BCUT2D eigenvalue weighted by molar-refractivity contribution is -0.384. The zero-order valence-electron chi connectivity index (χ0n) is 12.3. The summed E-state index contributed by atoms with van der Waals surface area (Å²) in [6.45, 7) is 4.58. The van der Waals surface area contributed by atoms with Gasteiger partial charge in [0, 0.05) is 18.2 Å². The van der Waals surface area contributed by atoms with Crippen LogP contribution in [0.4, 0.5) is 11.4 Å². The Bertz CT molecular complexity index is 490. The molecule has 2 rings (SSSR count). The average Bonchev–Trinajstić information content (AvgIpc) is 2.41. The lowest BCUT2D eigenvalue weighted by Crippen LogP contribution is -2.30. The van der Waals surface area contributed by atoms with E-state index in [1.54, 1.807) is 19.2 Å². The Labute approximate surface area is 119 Å². The Morgan fingerprint density at radius 1 is 1.35 bits per heavy atom. The summed E-state index contributed by atoms with van der Waals surface area (Å²) >= 11 is 0. The van der Waals surface area contributed by atoms with E-state index in [0.29, 0.717) is 22.9 Å². The number of hydrogen-bond donors (Lipinski definition) is 1. The molecule has 0 spiro atoms. The molecule has 1 aromatic rings. The first kappa shape index (κ1) is 14.6. The van der Waals surface area contributed by atoms with Crippen molar-refractivity contribution in [3.8, 4) is 5.75 Å². The van der Waals surface area contributed by atoms with E-state index in [-0.39, 0.29) is 10.6 Å². The highest BCUT2D eigenvalue weighted by atomic mass is 16.6. The average molecular weight is 278 g/mol. The van der Waals surface area contributed by atoms with Crippen molar-refractivity contribution in [3.05, 3.63) is 28.3 Å². The number of nitro groups is 1. The normalized spacial score (nSPS) is 18.6. The molecule has 0 saturated heterocycles. The topological polar surface area (TPSA) is 64.4 Å². The maximum absolute atomic E-state index is 10.9. The molecule has 0 aromatic heterocycles. The van der Waals surface area contributed by atoms with Crippen LogP contribution in [0, 0.1) is 15.5 Å². The Hall–Kier alpha value is -1.78. The van der Waals surface area contributed by atoms with Gasteiger partial charge in [0.1, 0.15) is 5.75 Å². The molecule has 1 saturated carbocycles. The molecule has 5 heteroatoms. The summed E-state index contributed by atoms with van der Waals surface area (Å²) in [6, 6.07) is 5.03. The minimum Gasteiger partial charge on any atom is -0.495 e. The minimum atomic E-state index is -0.380. The standard InChI is InChI=1S/C15H22N2O3/c1-15(2)8-6-11(7-9-15)16-13-10-12(17(18)19)4-5-14(13)20-3/h4-5,10-11,16H,6-9H2,1-3H3. The van der Waals surface area contributed by atoms with E-state index in [1.807, 2.05) is 0 Å². The van der Waals surface area contributed by atoms with Crippen LogP contribution < -0.4 is 10.1 Å². The van der Waals surface area contributed by atoms with Crippen LogP contribution in [-0.4, -0.2) is 18.1 Å². The maximum Gasteiger partial charge on any atom is 0.271 e. The van der Waals surface area contributed by atoms with E-state index in [0.717, 1.165) is 12.8 Å². The Morgan fingerprint density at radius 2 is 2.00 bits per heavy atom. The number of non-ortho nitro benzene ring substituents is 1. The summed E-state index contributed by atoms with van der Waals surface area (Å²) in [5, 5.41) is 14.3. The fourth-order valence-corrected chi connectivity index (χ4v) is 2.69. The predicted octanol–water partition coefficient (Wildman–Crippen LogP) is 3.98. The summed E-state index contributed by atoms with van der Waals surface area (Å²) in [5.41, 5.74) is 1.21. The fraction of sp³-hybridized carbons (Fsp3) is 0.600. The molecule has 5 nitrogen and oxygen atoms in total. The number of nitro benzene ring substituents is 1. The van der Waals surface area contributed by atoms with Gasteiger partial charge >= 0.3 is 0 Å². The monoisotopic (exact) mass is 278 g/mol. The zero-order valence-corrected chi connectivity index (χ0v) is 12.3. The second-order valence-electron chi connectivity index (χ2n) is 6.22. The van der Waals surface area contributed by atoms with Crippen molar-refractivity contribution >= 4 is 11.4 Å². The molecule has 0 amide bonds. The van der Waals surface area contributed by atoms with Crippen molar-refractivity contribution in [1.82, 2.24) is 0 Å².